The molecule has 116 valence electrons. The van der Waals surface area contributed by atoms with Crippen LogP contribution < -0.4 is 11.1 Å². The first kappa shape index (κ1) is 16.9. The fraction of sp³-hybridized carbons (Fsp3) is 0.700. The van der Waals surface area contributed by atoms with Crippen LogP contribution in [0.25, 0.3) is 0 Å². The van der Waals surface area contributed by atoms with Gasteiger partial charge in [-0.05, 0) is 26.2 Å². The Bertz CT molecular complexity index is 508. The maximum atomic E-state index is 10.7. The van der Waals surface area contributed by atoms with Gasteiger partial charge < -0.3 is 5.48 Å². The van der Waals surface area contributed by atoms with Crippen molar-refractivity contribution in [2.24, 2.45) is 5.73 Å². The number of hydrogen-bond donors (Lipinski definition) is 3. The highest BCUT2D eigenvalue weighted by Gasteiger charge is 2.31. The van der Waals surface area contributed by atoms with Crippen molar-refractivity contribution in [3.8, 4) is 0 Å². The monoisotopic (exact) mass is 308 g/mol. The molecule has 1 atom stereocenters. The third-order valence-electron chi connectivity index (χ3n) is 3.11. The summed E-state index contributed by atoms with van der Waals surface area (Å²) in [5.41, 5.74) is 6.30. The molecular formula is C10H20N4O5S. The summed E-state index contributed by atoms with van der Waals surface area (Å²) in [4.78, 5) is 0. The average molecular weight is 308 g/mol. The van der Waals surface area contributed by atoms with Crippen molar-refractivity contribution in [1.82, 2.24) is 10.4 Å². The maximum absolute atomic E-state index is 10.7. The standard InChI is InChI=1S/C10H18N4O4S.H2O/c1-8-7-9(13-5-3-2-4-6-13)12-10(11)14(8)18-19(15,16)17;/h7,10H,2-6,11H2,1H3,(H,15,16,17);1H2. The summed E-state index contributed by atoms with van der Waals surface area (Å²) in [6.45, 7) is 3.55. The molecule has 1 saturated heterocycles. The van der Waals surface area contributed by atoms with Crippen molar-refractivity contribution >= 4 is 16.2 Å². The van der Waals surface area contributed by atoms with Crippen LogP contribution in [0.2, 0.25) is 0 Å². The van der Waals surface area contributed by atoms with Gasteiger partial charge in [-0.3, -0.25) is 14.9 Å². The van der Waals surface area contributed by atoms with E-state index in [1.807, 2.05) is 0 Å². The van der Waals surface area contributed by atoms with Gasteiger partial charge in [-0.1, -0.05) is 0 Å². The molecule has 0 saturated carbocycles. The molecule has 0 aromatic carbocycles. The van der Waals surface area contributed by atoms with E-state index < -0.39 is 16.7 Å². The first-order chi connectivity index (χ1) is 8.87. The van der Waals surface area contributed by atoms with E-state index in [0.717, 1.165) is 36.8 Å². The Morgan fingerprint density at radius 1 is 1.45 bits per heavy atom. The molecule has 2 aliphatic rings. The van der Waals surface area contributed by atoms with E-state index in [1.165, 1.54) is 6.42 Å². The molecule has 0 spiro atoms. The van der Waals surface area contributed by atoms with Gasteiger partial charge in [0.15, 0.2) is 0 Å². The van der Waals surface area contributed by atoms with E-state index in [4.69, 9.17) is 10.3 Å². The quantitative estimate of drug-likeness (QED) is 0.445. The lowest BCUT2D eigenvalue weighted by Gasteiger charge is -2.30. The smallest absolute Gasteiger partial charge is 0.418 e. The number of hydrogen-bond acceptors (Lipinski definition) is 6. The number of amidine groups is 1. The lowest BCUT2D eigenvalue weighted by molar-refractivity contribution is -0.539. The number of nitrogens with two attached hydrogens (primary N) is 1. The first-order valence-corrected chi connectivity index (χ1v) is 7.52. The number of hydroxylamine groups is 2. The highest BCUT2D eigenvalue weighted by molar-refractivity contribution is 7.80. The van der Waals surface area contributed by atoms with Crippen LogP contribution in [0, 0.1) is 0 Å². The molecule has 0 aliphatic carbocycles. The first-order valence-electron chi connectivity index (χ1n) is 6.15. The third kappa shape index (κ3) is 4.15. The van der Waals surface area contributed by atoms with Crippen molar-refractivity contribution < 1.29 is 27.3 Å². The number of rotatable bonds is 2. The largest absolute Gasteiger partial charge is 0.870 e. The molecule has 0 amide bonds. The van der Waals surface area contributed by atoms with Gasteiger partial charge in [-0.25, -0.2) is 5.32 Å². The van der Waals surface area contributed by atoms with E-state index >= 15 is 0 Å². The van der Waals surface area contributed by atoms with Crippen LogP contribution >= 0.6 is 0 Å². The van der Waals surface area contributed by atoms with Crippen molar-refractivity contribution in [3.05, 3.63) is 11.8 Å². The summed E-state index contributed by atoms with van der Waals surface area (Å²) >= 11 is 0. The number of nitrogens with zero attached hydrogens (tertiary/aromatic N) is 2. The van der Waals surface area contributed by atoms with Crippen LogP contribution in [0.3, 0.4) is 0 Å². The van der Waals surface area contributed by atoms with Gasteiger partial charge in [0.05, 0.1) is 18.8 Å². The Kier molecular flexibility index (Phi) is 5.48. The van der Waals surface area contributed by atoms with Gasteiger partial charge in [0, 0.05) is 6.08 Å². The minimum absolute atomic E-state index is 0. The molecule has 9 nitrogen and oxygen atoms in total. The molecule has 2 heterocycles. The number of allylic oxidation sites excluding steroid dienone is 1. The Hall–Kier alpha value is -1.20. The molecular weight excluding hydrogens is 288 g/mol. The minimum atomic E-state index is -4.59. The Balaban J connectivity index is 0.00000200. The summed E-state index contributed by atoms with van der Waals surface area (Å²) in [5, 5.41) is 3.88. The third-order valence-corrected chi connectivity index (χ3v) is 3.46. The number of piperidine rings is 1. The topological polar surface area (TPSA) is 138 Å². The summed E-state index contributed by atoms with van der Waals surface area (Å²) < 4.78 is 36.8. The van der Waals surface area contributed by atoms with Crippen LogP contribution in [0.1, 0.15) is 26.2 Å². The van der Waals surface area contributed by atoms with E-state index in [2.05, 4.69) is 14.2 Å². The van der Waals surface area contributed by atoms with E-state index in [-0.39, 0.29) is 5.48 Å². The predicted octanol–water partition coefficient (Wildman–Crippen LogP) is -0.810. The molecule has 10 heteroatoms. The molecule has 1 fully saturated rings. The van der Waals surface area contributed by atoms with Gasteiger partial charge >= 0.3 is 10.4 Å². The molecule has 2 aliphatic heterocycles. The molecule has 0 radical (unpaired) electrons. The minimum Gasteiger partial charge on any atom is -0.870 e. The van der Waals surface area contributed by atoms with Crippen molar-refractivity contribution in [2.75, 3.05) is 13.1 Å². The van der Waals surface area contributed by atoms with Crippen LogP contribution in [0.4, 0.5) is 0 Å². The Morgan fingerprint density at radius 2 is 2.05 bits per heavy atom. The average Bonchev–Trinajstić information content (AvgIpc) is 2.33. The zero-order valence-electron chi connectivity index (χ0n) is 11.2. The lowest BCUT2D eigenvalue weighted by Crippen LogP contribution is -2.58. The van der Waals surface area contributed by atoms with Gasteiger partial charge in [-0.15, -0.1) is 4.28 Å². The molecule has 0 aromatic rings. The lowest BCUT2D eigenvalue weighted by atomic mass is 10.1. The normalized spacial score (nSPS) is 23.9. The number of nitrogens with one attached hydrogen (secondary N) is 1. The highest BCUT2D eigenvalue weighted by atomic mass is 32.3. The van der Waals surface area contributed by atoms with E-state index in [1.54, 1.807) is 13.0 Å². The van der Waals surface area contributed by atoms with E-state index in [9.17, 15) is 8.42 Å². The zero-order chi connectivity index (χ0) is 14.0. The summed E-state index contributed by atoms with van der Waals surface area (Å²) in [5.74, 6) is 0.847. The second-order valence-electron chi connectivity index (χ2n) is 4.64. The highest BCUT2D eigenvalue weighted by Crippen LogP contribution is 2.14. The predicted molar refractivity (Wildman–Crippen MR) is 70.1 cm³/mol. The SMILES string of the molecule is CC1=CC(=[N+]2CCCCC2)NC(N)N1OS(=O)(=O)O.[OH-]. The van der Waals surface area contributed by atoms with Gasteiger partial charge in [0.25, 0.3) is 5.84 Å². The summed E-state index contributed by atoms with van der Waals surface area (Å²) in [7, 11) is -4.59. The zero-order valence-corrected chi connectivity index (χ0v) is 12.0. The summed E-state index contributed by atoms with van der Waals surface area (Å²) in [6.07, 6.45) is 4.34. The van der Waals surface area contributed by atoms with Gasteiger partial charge in [0.2, 0.25) is 6.29 Å². The molecule has 5 N–H and O–H groups in total. The molecule has 0 bridgehead atoms. The van der Waals surface area contributed by atoms with Gasteiger partial charge in [-0.2, -0.15) is 13.5 Å². The second kappa shape index (κ2) is 6.50. The molecule has 20 heavy (non-hydrogen) atoms. The fourth-order valence-corrected chi connectivity index (χ4v) is 2.67. The van der Waals surface area contributed by atoms with Crippen LogP contribution in [0.5, 0.6) is 0 Å². The van der Waals surface area contributed by atoms with Crippen LogP contribution in [-0.4, -0.2) is 53.3 Å². The van der Waals surface area contributed by atoms with Gasteiger partial charge in [0.1, 0.15) is 0 Å². The Morgan fingerprint density at radius 3 is 2.55 bits per heavy atom. The maximum Gasteiger partial charge on any atom is 0.418 e. The Labute approximate surface area is 117 Å². The van der Waals surface area contributed by atoms with Crippen molar-refractivity contribution in [2.45, 2.75) is 32.5 Å². The second-order valence-corrected chi connectivity index (χ2v) is 5.64. The summed E-state index contributed by atoms with van der Waals surface area (Å²) in [6, 6.07) is 0. The van der Waals surface area contributed by atoms with Crippen LogP contribution in [0.15, 0.2) is 11.8 Å². The molecule has 1 unspecified atom stereocenters. The molecule has 2 rings (SSSR count). The van der Waals surface area contributed by atoms with E-state index in [0.29, 0.717) is 5.70 Å². The molecule has 0 aromatic heterocycles. The fourth-order valence-electron chi connectivity index (χ4n) is 2.26. The van der Waals surface area contributed by atoms with Crippen LogP contribution in [-0.2, 0) is 14.7 Å². The van der Waals surface area contributed by atoms with Crippen molar-refractivity contribution in [3.63, 3.8) is 0 Å². The van der Waals surface area contributed by atoms with Crippen molar-refractivity contribution in [1.29, 1.82) is 0 Å².